The molecule has 2 heterocycles. The second-order valence-corrected chi connectivity index (χ2v) is 5.73. The number of aliphatic hydroxyl groups excluding tert-OH is 1. The molecule has 30 heavy (non-hydrogen) atoms. The molecule has 3 aromatic rings. The Morgan fingerprint density at radius 3 is 2.57 bits per heavy atom. The van der Waals surface area contributed by atoms with E-state index >= 15 is 0 Å². The Labute approximate surface area is 165 Å². The SMILES string of the molecule is O=C(NCC(F)(F)F)Oc1cc(OCc2c(-c3ccc(F)cc3)noc2CO)no1. The van der Waals surface area contributed by atoms with Crippen molar-refractivity contribution in [1.29, 1.82) is 0 Å². The van der Waals surface area contributed by atoms with Crippen LogP contribution in [0.1, 0.15) is 11.3 Å². The fraction of sp³-hybridized carbons (Fsp3) is 0.235. The third-order valence-corrected chi connectivity index (χ3v) is 3.59. The van der Waals surface area contributed by atoms with Gasteiger partial charge in [0.25, 0.3) is 5.88 Å². The highest BCUT2D eigenvalue weighted by Crippen LogP contribution is 2.28. The van der Waals surface area contributed by atoms with Crippen LogP contribution in [0.4, 0.5) is 22.4 Å². The van der Waals surface area contributed by atoms with Gasteiger partial charge in [0.1, 0.15) is 31.3 Å². The van der Waals surface area contributed by atoms with Gasteiger partial charge in [0, 0.05) is 5.56 Å². The lowest BCUT2D eigenvalue weighted by Gasteiger charge is -2.06. The number of carbonyl (C=O) groups is 1. The second-order valence-electron chi connectivity index (χ2n) is 5.73. The minimum Gasteiger partial charge on any atom is -0.470 e. The van der Waals surface area contributed by atoms with Gasteiger partial charge in [0.15, 0.2) is 5.76 Å². The number of ether oxygens (including phenoxy) is 2. The molecule has 0 aliphatic carbocycles. The maximum Gasteiger partial charge on any atom is 0.415 e. The van der Waals surface area contributed by atoms with Crippen LogP contribution in [0.5, 0.6) is 11.8 Å². The molecular weight excluding hydrogens is 418 g/mol. The molecule has 1 amide bonds. The van der Waals surface area contributed by atoms with Crippen molar-refractivity contribution in [3.63, 3.8) is 0 Å². The fourth-order valence-corrected chi connectivity index (χ4v) is 2.26. The van der Waals surface area contributed by atoms with E-state index in [-0.39, 0.29) is 18.2 Å². The minimum absolute atomic E-state index is 0.0980. The summed E-state index contributed by atoms with van der Waals surface area (Å²) < 4.78 is 68.9. The lowest BCUT2D eigenvalue weighted by molar-refractivity contribution is -0.123. The quantitative estimate of drug-likeness (QED) is 0.548. The average Bonchev–Trinajstić information content (AvgIpc) is 3.31. The van der Waals surface area contributed by atoms with E-state index in [1.807, 2.05) is 0 Å². The first-order valence-electron chi connectivity index (χ1n) is 8.21. The second kappa shape index (κ2) is 8.82. The number of carbonyl (C=O) groups excluding carboxylic acids is 1. The maximum atomic E-state index is 13.1. The first-order valence-corrected chi connectivity index (χ1v) is 8.21. The Morgan fingerprint density at radius 1 is 1.17 bits per heavy atom. The molecule has 0 saturated carbocycles. The van der Waals surface area contributed by atoms with Gasteiger partial charge in [-0.25, -0.2) is 9.18 Å². The van der Waals surface area contributed by atoms with Gasteiger partial charge in [-0.2, -0.15) is 13.2 Å². The number of aromatic nitrogens is 2. The molecule has 3 rings (SSSR count). The molecule has 0 fully saturated rings. The van der Waals surface area contributed by atoms with Gasteiger partial charge in [-0.1, -0.05) is 5.16 Å². The standard InChI is InChI=1S/C17H13F4N3O6/c18-10-3-1-9(2-4-10)15-11(12(6-25)29-24-15)7-27-13-5-14(30-23-13)28-16(26)22-8-17(19,20)21/h1-5,25H,6-8H2,(H,22,26). The predicted octanol–water partition coefficient (Wildman–Crippen LogP) is 3.19. The van der Waals surface area contributed by atoms with E-state index in [4.69, 9.17) is 9.26 Å². The van der Waals surface area contributed by atoms with Crippen molar-refractivity contribution in [3.8, 4) is 23.1 Å². The molecule has 0 radical (unpaired) electrons. The van der Waals surface area contributed by atoms with E-state index in [0.717, 1.165) is 6.07 Å². The summed E-state index contributed by atoms with van der Waals surface area (Å²) in [5.41, 5.74) is 1.15. The molecule has 0 unspecified atom stereocenters. The molecule has 0 aliphatic heterocycles. The van der Waals surface area contributed by atoms with Crippen LogP contribution in [0.25, 0.3) is 11.3 Å². The largest absolute Gasteiger partial charge is 0.470 e. The van der Waals surface area contributed by atoms with Crippen LogP contribution in [0.2, 0.25) is 0 Å². The summed E-state index contributed by atoms with van der Waals surface area (Å²) in [5.74, 6) is -1.02. The van der Waals surface area contributed by atoms with Crippen LogP contribution in [-0.4, -0.2) is 34.2 Å². The van der Waals surface area contributed by atoms with Gasteiger partial charge in [-0.15, -0.1) is 0 Å². The molecular formula is C17H13F4N3O6. The summed E-state index contributed by atoms with van der Waals surface area (Å²) in [7, 11) is 0. The summed E-state index contributed by atoms with van der Waals surface area (Å²) in [6.45, 7) is -2.27. The number of hydrogen-bond acceptors (Lipinski definition) is 8. The van der Waals surface area contributed by atoms with Gasteiger partial charge >= 0.3 is 18.2 Å². The molecule has 2 aromatic heterocycles. The van der Waals surface area contributed by atoms with Crippen LogP contribution >= 0.6 is 0 Å². The number of halogens is 4. The number of aliphatic hydroxyl groups is 1. The maximum absolute atomic E-state index is 13.1. The molecule has 0 bridgehead atoms. The third kappa shape index (κ3) is 5.47. The highest BCUT2D eigenvalue weighted by Gasteiger charge is 2.28. The third-order valence-electron chi connectivity index (χ3n) is 3.59. The molecule has 2 N–H and O–H groups in total. The fourth-order valence-electron chi connectivity index (χ4n) is 2.26. The van der Waals surface area contributed by atoms with Crippen molar-refractivity contribution in [3.05, 3.63) is 47.5 Å². The highest BCUT2D eigenvalue weighted by molar-refractivity contribution is 5.69. The van der Waals surface area contributed by atoms with Crippen LogP contribution in [0, 0.1) is 5.82 Å². The molecule has 1 aromatic carbocycles. The summed E-state index contributed by atoms with van der Waals surface area (Å²) in [5, 5.41) is 18.2. The summed E-state index contributed by atoms with van der Waals surface area (Å²) >= 11 is 0. The topological polar surface area (TPSA) is 120 Å². The Kier molecular flexibility index (Phi) is 6.20. The van der Waals surface area contributed by atoms with Crippen molar-refractivity contribution in [2.75, 3.05) is 6.54 Å². The van der Waals surface area contributed by atoms with Crippen LogP contribution in [0.3, 0.4) is 0 Å². The lowest BCUT2D eigenvalue weighted by atomic mass is 10.1. The van der Waals surface area contributed by atoms with Gasteiger partial charge < -0.3 is 28.9 Å². The summed E-state index contributed by atoms with van der Waals surface area (Å²) in [4.78, 5) is 11.3. The van der Waals surface area contributed by atoms with Crippen molar-refractivity contribution in [1.82, 2.24) is 15.6 Å². The molecule has 0 spiro atoms. The Morgan fingerprint density at radius 2 is 1.90 bits per heavy atom. The number of rotatable bonds is 7. The zero-order valence-electron chi connectivity index (χ0n) is 14.9. The first kappa shape index (κ1) is 21.1. The van der Waals surface area contributed by atoms with Crippen LogP contribution in [-0.2, 0) is 13.2 Å². The van der Waals surface area contributed by atoms with Crippen molar-refractivity contribution >= 4 is 6.09 Å². The molecule has 9 nitrogen and oxygen atoms in total. The minimum atomic E-state index is -4.60. The van der Waals surface area contributed by atoms with Gasteiger partial charge in [-0.05, 0) is 29.4 Å². The molecule has 13 heteroatoms. The highest BCUT2D eigenvalue weighted by atomic mass is 19.4. The van der Waals surface area contributed by atoms with Crippen LogP contribution in [0.15, 0.2) is 39.4 Å². The Hall–Kier alpha value is -3.61. The summed E-state index contributed by atoms with van der Waals surface area (Å²) in [6, 6.07) is 6.38. The molecule has 0 atom stereocenters. The number of nitrogens with zero attached hydrogens (tertiary/aromatic N) is 2. The number of hydrogen-bond donors (Lipinski definition) is 2. The van der Waals surface area contributed by atoms with E-state index in [2.05, 4.69) is 19.6 Å². The lowest BCUT2D eigenvalue weighted by Crippen LogP contribution is -2.35. The zero-order chi connectivity index (χ0) is 21.7. The smallest absolute Gasteiger partial charge is 0.415 e. The van der Waals surface area contributed by atoms with E-state index in [1.165, 1.54) is 29.6 Å². The van der Waals surface area contributed by atoms with E-state index in [9.17, 15) is 27.5 Å². The monoisotopic (exact) mass is 431 g/mol. The Balaban J connectivity index is 1.64. The number of nitrogens with one attached hydrogen (secondary N) is 1. The summed E-state index contributed by atoms with van der Waals surface area (Å²) in [6.07, 6.45) is -5.99. The first-order chi connectivity index (χ1) is 14.2. The van der Waals surface area contributed by atoms with Crippen molar-refractivity contribution < 1.29 is 46.0 Å². The van der Waals surface area contributed by atoms with E-state index < -0.39 is 37.2 Å². The predicted molar refractivity (Wildman–Crippen MR) is 88.7 cm³/mol. The zero-order valence-corrected chi connectivity index (χ0v) is 14.9. The normalized spacial score (nSPS) is 11.4. The number of alkyl halides is 3. The van der Waals surface area contributed by atoms with Crippen molar-refractivity contribution in [2.45, 2.75) is 19.4 Å². The Bertz CT molecular complexity index is 1000. The van der Waals surface area contributed by atoms with E-state index in [0.29, 0.717) is 16.8 Å². The molecule has 0 aliphatic rings. The van der Waals surface area contributed by atoms with Crippen LogP contribution < -0.4 is 14.8 Å². The number of amides is 1. The van der Waals surface area contributed by atoms with E-state index in [1.54, 1.807) is 0 Å². The average molecular weight is 431 g/mol. The van der Waals surface area contributed by atoms with Gasteiger partial charge in [0.2, 0.25) is 0 Å². The van der Waals surface area contributed by atoms with Gasteiger partial charge in [-0.3, -0.25) is 0 Å². The molecule has 0 saturated heterocycles. The van der Waals surface area contributed by atoms with Gasteiger partial charge in [0.05, 0.1) is 11.6 Å². The number of benzene rings is 1. The molecule has 160 valence electrons. The van der Waals surface area contributed by atoms with Crippen molar-refractivity contribution in [2.24, 2.45) is 0 Å².